The summed E-state index contributed by atoms with van der Waals surface area (Å²) in [5, 5.41) is 0. The van der Waals surface area contributed by atoms with Crippen molar-refractivity contribution in [1.82, 2.24) is 0 Å². The summed E-state index contributed by atoms with van der Waals surface area (Å²) in [6.07, 6.45) is 0. The van der Waals surface area contributed by atoms with E-state index in [1.54, 1.807) is 0 Å². The molecule has 0 aliphatic rings. The molecule has 0 heterocycles. The van der Waals surface area contributed by atoms with Gasteiger partial charge in [-0.05, 0) is 22.3 Å². The average molecular weight is 545 g/mol. The average Bonchev–Trinajstić information content (AvgIpc) is 2.97. The second-order valence-electron chi connectivity index (χ2n) is 14.4. The maximum absolute atomic E-state index is 2.46. The minimum atomic E-state index is -0.501. The van der Waals surface area contributed by atoms with E-state index in [0.29, 0.717) is 0 Å². The van der Waals surface area contributed by atoms with Gasteiger partial charge in [-0.3, -0.25) is 0 Å². The van der Waals surface area contributed by atoms with Crippen molar-refractivity contribution in [1.29, 1.82) is 0 Å². The Bertz CT molecular complexity index is 1660. The molecule has 4 rings (SSSR count). The first kappa shape index (κ1) is 35.0. The van der Waals surface area contributed by atoms with Crippen LogP contribution in [-0.4, -0.2) is 149 Å². The second-order valence-corrected chi connectivity index (χ2v) is 14.4. The van der Waals surface area contributed by atoms with Gasteiger partial charge in [0.25, 0.3) is 0 Å². The lowest BCUT2D eigenvalue weighted by Gasteiger charge is -2.48. The molecule has 0 aliphatic heterocycles. The van der Waals surface area contributed by atoms with Crippen LogP contribution in [0.5, 0.6) is 0 Å². The van der Waals surface area contributed by atoms with Crippen molar-refractivity contribution in [3.05, 3.63) is 28.3 Å². The number of rotatable bonds is 4. The van der Waals surface area contributed by atoms with Gasteiger partial charge in [0.2, 0.25) is 0 Å². The number of benzene rings is 4. The smallest absolute Gasteiger partial charge is 0.102 e. The number of hydrogen-bond acceptors (Lipinski definition) is 0. The van der Waals surface area contributed by atoms with Gasteiger partial charge >= 0.3 is 0 Å². The largest absolute Gasteiger partial charge is 0.139 e. The molecule has 0 spiro atoms. The van der Waals surface area contributed by atoms with Crippen LogP contribution in [0.15, 0.2) is 6.07 Å². The third-order valence-corrected chi connectivity index (χ3v) is 12.9. The normalized spacial score (nSPS) is 11.5. The molecule has 196 valence electrons. The van der Waals surface area contributed by atoms with E-state index in [2.05, 4.69) is 155 Å². The van der Waals surface area contributed by atoms with Gasteiger partial charge < -0.3 is 0 Å². The van der Waals surface area contributed by atoms with Crippen molar-refractivity contribution in [3.8, 4) is 0 Å². The van der Waals surface area contributed by atoms with Gasteiger partial charge in [0.1, 0.15) is 149 Å². The molecule has 0 saturated heterocycles. The lowest BCUT2D eigenvalue weighted by atomic mass is 9.43. The molecule has 0 unspecified atom stereocenters. The molecule has 0 atom stereocenters. The van der Waals surface area contributed by atoms with Gasteiger partial charge in [-0.2, -0.15) is 0 Å². The van der Waals surface area contributed by atoms with Gasteiger partial charge in [-0.25, -0.2) is 0 Å². The van der Waals surface area contributed by atoms with Crippen molar-refractivity contribution < 1.29 is 0 Å². The highest BCUT2D eigenvalue weighted by Crippen LogP contribution is 2.38. The molecule has 0 aromatic heterocycles. The fraction of sp³-hybridized carbons (Fsp3) is 0.0400. The highest BCUT2D eigenvalue weighted by Gasteiger charge is 2.46. The van der Waals surface area contributed by atoms with Gasteiger partial charge in [0.15, 0.2) is 0 Å². The predicted octanol–water partition coefficient (Wildman–Crippen LogP) is -27.0. The second kappa shape index (κ2) is 12.0. The molecule has 0 radical (unpaired) electrons. The fourth-order valence-electron chi connectivity index (χ4n) is 8.80. The van der Waals surface area contributed by atoms with E-state index in [1.165, 1.54) is 126 Å². The lowest BCUT2D eigenvalue weighted by Crippen LogP contribution is -2.69. The van der Waals surface area contributed by atoms with Crippen molar-refractivity contribution in [3.63, 3.8) is 0 Å². The molecule has 0 fully saturated rings. The minimum Gasteiger partial charge on any atom is -0.102 e. The summed E-state index contributed by atoms with van der Waals surface area (Å²) in [4.78, 5) is 0. The Balaban J connectivity index is 2.66. The first-order chi connectivity index (χ1) is 20.3. The minimum absolute atomic E-state index is 0.501. The maximum Gasteiger partial charge on any atom is 0.139 e. The Morgan fingerprint density at radius 2 is 0.432 bits per heavy atom. The third-order valence-electron chi connectivity index (χ3n) is 12.9. The third kappa shape index (κ3) is 4.71. The van der Waals surface area contributed by atoms with Crippen LogP contribution < -0.4 is 104 Å². The van der Waals surface area contributed by atoms with Gasteiger partial charge in [0.05, 0.1) is 5.41 Å². The van der Waals surface area contributed by atoms with Crippen molar-refractivity contribution in [2.24, 2.45) is 0 Å². The molecule has 0 amide bonds. The molecule has 0 saturated carbocycles. The van der Waals surface area contributed by atoms with Crippen LogP contribution in [0, 0.1) is 0 Å². The summed E-state index contributed by atoms with van der Waals surface area (Å²) in [5.74, 6) is 0. The van der Waals surface area contributed by atoms with Crippen LogP contribution in [-0.2, 0) is 5.41 Å². The van der Waals surface area contributed by atoms with E-state index in [0.717, 1.165) is 0 Å². The Hall–Kier alpha value is -1.89. The highest BCUT2D eigenvalue weighted by molar-refractivity contribution is 6.71. The van der Waals surface area contributed by atoms with E-state index in [1.807, 2.05) is 0 Å². The molecule has 0 bridgehead atoms. The van der Waals surface area contributed by atoms with Crippen molar-refractivity contribution in [2.75, 3.05) is 0 Å². The monoisotopic (exact) mass is 548 g/mol. The molecule has 19 heteroatoms. The van der Waals surface area contributed by atoms with Crippen LogP contribution in [0.25, 0.3) is 0 Å². The molecule has 0 nitrogen and oxygen atoms in total. The van der Waals surface area contributed by atoms with Crippen LogP contribution >= 0.6 is 0 Å². The fourth-order valence-corrected chi connectivity index (χ4v) is 8.80. The van der Waals surface area contributed by atoms with Gasteiger partial charge in [-0.1, -0.05) is 55.2 Å². The predicted molar refractivity (Wildman–Crippen MR) is 260 cm³/mol. The molecule has 4 aromatic rings. The quantitative estimate of drug-likeness (QED) is 0.177. The first-order valence-corrected chi connectivity index (χ1v) is 16.6. The zero-order valence-electron chi connectivity index (χ0n) is 31.6. The molecule has 4 aromatic carbocycles. The Kier molecular flexibility index (Phi) is 9.57. The van der Waals surface area contributed by atoms with E-state index < -0.39 is 5.41 Å². The summed E-state index contributed by atoms with van der Waals surface area (Å²) in [7, 11) is 44.9. The van der Waals surface area contributed by atoms with Crippen molar-refractivity contribution >= 4 is 253 Å². The van der Waals surface area contributed by atoms with Crippen molar-refractivity contribution in [2.45, 2.75) is 5.41 Å². The van der Waals surface area contributed by atoms with E-state index >= 15 is 0 Å². The van der Waals surface area contributed by atoms with Crippen LogP contribution in [0.1, 0.15) is 22.3 Å². The molecule has 44 heavy (non-hydrogen) atoms. The topological polar surface area (TPSA) is 0 Å². The highest BCUT2D eigenvalue weighted by atomic mass is 14.5. The molecule has 0 N–H and O–H groups in total. The Morgan fingerprint density at radius 3 is 0.682 bits per heavy atom. The van der Waals surface area contributed by atoms with Gasteiger partial charge in [-0.15, -0.1) is 54.6 Å². The van der Waals surface area contributed by atoms with Crippen LogP contribution in [0.3, 0.4) is 0 Å². The number of hydrogen-bond donors (Lipinski definition) is 0. The Morgan fingerprint density at radius 1 is 0.227 bits per heavy atom. The summed E-state index contributed by atoms with van der Waals surface area (Å²) in [6, 6.07) is 2.46. The van der Waals surface area contributed by atoms with Crippen LogP contribution in [0.4, 0.5) is 0 Å². The van der Waals surface area contributed by atoms with E-state index in [-0.39, 0.29) is 0 Å². The van der Waals surface area contributed by atoms with E-state index in [4.69, 9.17) is 0 Å². The molecule has 0 aliphatic carbocycles. The van der Waals surface area contributed by atoms with E-state index in [9.17, 15) is 0 Å². The Labute approximate surface area is 285 Å². The SMILES string of the molecule is Bc1cc(B)c(C(c2c(B)c(B)c(B)c(B)c2B)(c2c(B)c(B)c(B)c(B)c2B)c2c(B)c(B)c(B)c(B)c2B)c(B)c1B. The first-order valence-electron chi connectivity index (χ1n) is 16.6. The maximum atomic E-state index is 2.46. The van der Waals surface area contributed by atoms with Gasteiger partial charge in [0, 0.05) is 0 Å². The molecular formula is C25H39B19. The zero-order valence-corrected chi connectivity index (χ0v) is 31.6. The summed E-state index contributed by atoms with van der Waals surface area (Å²) >= 11 is 0. The lowest BCUT2D eigenvalue weighted by molar-refractivity contribution is 0.792. The standard InChI is InChI=1S/C25H39B19/c26-2-1-3(27)8(28)9(29)4(2)25(5-10(30)16(36)22(42)17(37)11(5)31,6-12(32)18(38)23(43)19(39)13(6)33)7-14(34)20(40)24(44)21(41)15(7)35/h1H,26-44H2. The summed E-state index contributed by atoms with van der Waals surface area (Å²) < 4.78 is 0. The molecular weight excluding hydrogens is 506 g/mol. The summed E-state index contributed by atoms with van der Waals surface area (Å²) in [6.45, 7) is 0. The zero-order chi connectivity index (χ0) is 33.5. The van der Waals surface area contributed by atoms with Crippen LogP contribution in [0.2, 0.25) is 0 Å². The summed E-state index contributed by atoms with van der Waals surface area (Å²) in [5.41, 5.74) is 32.3.